The van der Waals surface area contributed by atoms with Crippen molar-refractivity contribution in [1.29, 1.82) is 0 Å². The molecule has 2 N–H and O–H groups in total. The minimum atomic E-state index is -3.32. The van der Waals surface area contributed by atoms with E-state index in [0.717, 1.165) is 16.7 Å². The Morgan fingerprint density at radius 3 is 2.28 bits per heavy atom. The van der Waals surface area contributed by atoms with Crippen molar-refractivity contribution in [3.8, 4) is 0 Å². The first kappa shape index (κ1) is 19.8. The molecule has 0 saturated carbocycles. The van der Waals surface area contributed by atoms with Crippen LogP contribution in [0.3, 0.4) is 0 Å². The first-order valence-corrected chi connectivity index (χ1v) is 10.0. The molecule has 0 spiro atoms. The first-order valence-electron chi connectivity index (χ1n) is 7.97. The second kappa shape index (κ2) is 8.76. The highest BCUT2D eigenvalue weighted by molar-refractivity contribution is 7.88. The molecule has 7 heteroatoms. The molecule has 0 radical (unpaired) electrons. The molecule has 2 aromatic rings. The number of hydrogen-bond acceptors (Lipinski definition) is 3. The van der Waals surface area contributed by atoms with Gasteiger partial charge in [0.05, 0.1) is 5.75 Å². The average Bonchev–Trinajstić information content (AvgIpc) is 2.49. The molecule has 0 heterocycles. The Labute approximate surface area is 153 Å². The van der Waals surface area contributed by atoms with Gasteiger partial charge in [0.2, 0.25) is 10.0 Å². The maximum Gasteiger partial charge on any atom is 0.216 e. The Balaban J connectivity index is 1.88. The van der Waals surface area contributed by atoms with Gasteiger partial charge in [-0.05, 0) is 42.7 Å². The summed E-state index contributed by atoms with van der Waals surface area (Å²) in [6.07, 6.45) is 0. The van der Waals surface area contributed by atoms with Gasteiger partial charge in [-0.1, -0.05) is 41.9 Å². The topological polar surface area (TPSA) is 58.2 Å². The second-order valence-corrected chi connectivity index (χ2v) is 8.35. The van der Waals surface area contributed by atoms with E-state index in [0.29, 0.717) is 18.1 Å². The van der Waals surface area contributed by atoms with Crippen molar-refractivity contribution < 1.29 is 12.8 Å². The minimum absolute atomic E-state index is 0.0376. The number of halogens is 2. The van der Waals surface area contributed by atoms with E-state index in [4.69, 9.17) is 11.6 Å². The highest BCUT2D eigenvalue weighted by Crippen LogP contribution is 2.17. The SMILES string of the molecule is CC(C)NS(=O)(=O)Cc1ccc(CNCc2ccc(F)cc2Cl)cc1. The summed E-state index contributed by atoms with van der Waals surface area (Å²) >= 11 is 5.99. The van der Waals surface area contributed by atoms with Gasteiger partial charge in [-0.25, -0.2) is 17.5 Å². The van der Waals surface area contributed by atoms with Gasteiger partial charge in [-0.3, -0.25) is 0 Å². The van der Waals surface area contributed by atoms with Crippen LogP contribution in [0.25, 0.3) is 0 Å². The predicted octanol–water partition coefficient (Wildman–Crippen LogP) is 3.60. The predicted molar refractivity (Wildman–Crippen MR) is 99.3 cm³/mol. The van der Waals surface area contributed by atoms with E-state index in [9.17, 15) is 12.8 Å². The standard InChI is InChI=1S/C18H22ClFN2O2S/c1-13(2)22-25(23,24)12-15-5-3-14(4-6-15)10-21-11-16-7-8-17(20)9-18(16)19/h3-9,13,21-22H,10-12H2,1-2H3. The van der Waals surface area contributed by atoms with Gasteiger partial charge < -0.3 is 5.32 Å². The number of benzene rings is 2. The number of hydrogen-bond donors (Lipinski definition) is 2. The number of nitrogens with one attached hydrogen (secondary N) is 2. The van der Waals surface area contributed by atoms with Crippen LogP contribution < -0.4 is 10.0 Å². The molecule has 25 heavy (non-hydrogen) atoms. The van der Waals surface area contributed by atoms with Gasteiger partial charge in [0, 0.05) is 24.2 Å². The third kappa shape index (κ3) is 6.74. The number of rotatable bonds is 8. The van der Waals surface area contributed by atoms with Crippen LogP contribution in [0.5, 0.6) is 0 Å². The van der Waals surface area contributed by atoms with Crippen molar-refractivity contribution >= 4 is 21.6 Å². The molecule has 0 aliphatic rings. The van der Waals surface area contributed by atoms with Crippen LogP contribution in [0.15, 0.2) is 42.5 Å². The summed E-state index contributed by atoms with van der Waals surface area (Å²) in [6.45, 7) is 4.71. The fourth-order valence-corrected chi connectivity index (χ4v) is 4.05. The Hall–Kier alpha value is -1.47. The van der Waals surface area contributed by atoms with Crippen molar-refractivity contribution in [3.05, 3.63) is 70.0 Å². The van der Waals surface area contributed by atoms with Crippen LogP contribution in [-0.4, -0.2) is 14.5 Å². The lowest BCUT2D eigenvalue weighted by Gasteiger charge is -2.10. The van der Waals surface area contributed by atoms with E-state index in [1.54, 1.807) is 32.0 Å². The molecular weight excluding hydrogens is 363 g/mol. The first-order chi connectivity index (χ1) is 11.7. The molecule has 0 atom stereocenters. The zero-order valence-electron chi connectivity index (χ0n) is 14.2. The maximum absolute atomic E-state index is 13.0. The lowest BCUT2D eigenvalue weighted by Crippen LogP contribution is -2.31. The van der Waals surface area contributed by atoms with Crippen molar-refractivity contribution in [3.63, 3.8) is 0 Å². The fourth-order valence-electron chi connectivity index (χ4n) is 2.38. The van der Waals surface area contributed by atoms with Gasteiger partial charge in [0.15, 0.2) is 0 Å². The fraction of sp³-hybridized carbons (Fsp3) is 0.333. The molecule has 0 aromatic heterocycles. The maximum atomic E-state index is 13.0. The molecule has 0 aliphatic heterocycles. The minimum Gasteiger partial charge on any atom is -0.309 e. The molecule has 0 fully saturated rings. The van der Waals surface area contributed by atoms with Crippen LogP contribution in [0, 0.1) is 5.82 Å². The zero-order valence-corrected chi connectivity index (χ0v) is 15.8. The Morgan fingerprint density at radius 1 is 1.04 bits per heavy atom. The highest BCUT2D eigenvalue weighted by atomic mass is 35.5. The van der Waals surface area contributed by atoms with E-state index >= 15 is 0 Å². The van der Waals surface area contributed by atoms with Gasteiger partial charge >= 0.3 is 0 Å². The van der Waals surface area contributed by atoms with Crippen LogP contribution in [-0.2, 0) is 28.9 Å². The van der Waals surface area contributed by atoms with Gasteiger partial charge in [0.25, 0.3) is 0 Å². The van der Waals surface area contributed by atoms with Gasteiger partial charge in [-0.2, -0.15) is 0 Å². The summed E-state index contributed by atoms with van der Waals surface area (Å²) in [5.41, 5.74) is 2.58. The largest absolute Gasteiger partial charge is 0.309 e. The van der Waals surface area contributed by atoms with Gasteiger partial charge in [0.1, 0.15) is 5.82 Å². The molecular formula is C18H22ClFN2O2S. The molecule has 0 aliphatic carbocycles. The number of sulfonamides is 1. The smallest absolute Gasteiger partial charge is 0.216 e. The summed E-state index contributed by atoms with van der Waals surface area (Å²) in [7, 11) is -3.32. The Morgan fingerprint density at radius 2 is 1.68 bits per heavy atom. The Bertz CT molecular complexity index is 808. The zero-order chi connectivity index (χ0) is 18.4. The molecule has 0 unspecified atom stereocenters. The third-order valence-corrected chi connectivity index (χ3v) is 5.35. The molecule has 0 bridgehead atoms. The van der Waals surface area contributed by atoms with E-state index in [2.05, 4.69) is 10.0 Å². The molecule has 0 saturated heterocycles. The lowest BCUT2D eigenvalue weighted by atomic mass is 10.1. The second-order valence-electron chi connectivity index (χ2n) is 6.19. The van der Waals surface area contributed by atoms with Crippen LogP contribution >= 0.6 is 11.6 Å². The monoisotopic (exact) mass is 384 g/mol. The van der Waals surface area contributed by atoms with Crippen LogP contribution in [0.4, 0.5) is 4.39 Å². The summed E-state index contributed by atoms with van der Waals surface area (Å²) in [4.78, 5) is 0. The van der Waals surface area contributed by atoms with Crippen LogP contribution in [0.1, 0.15) is 30.5 Å². The lowest BCUT2D eigenvalue weighted by molar-refractivity contribution is 0.569. The average molecular weight is 385 g/mol. The normalized spacial score (nSPS) is 11.9. The van der Waals surface area contributed by atoms with Crippen molar-refractivity contribution in [2.24, 2.45) is 0 Å². The highest BCUT2D eigenvalue weighted by Gasteiger charge is 2.12. The quantitative estimate of drug-likeness (QED) is 0.731. The van der Waals surface area contributed by atoms with Gasteiger partial charge in [-0.15, -0.1) is 0 Å². The molecule has 136 valence electrons. The summed E-state index contributed by atoms with van der Waals surface area (Å²) in [5.74, 6) is -0.393. The van der Waals surface area contributed by atoms with Crippen molar-refractivity contribution in [2.75, 3.05) is 0 Å². The molecule has 2 aromatic carbocycles. The van der Waals surface area contributed by atoms with Crippen LogP contribution in [0.2, 0.25) is 5.02 Å². The third-order valence-electron chi connectivity index (χ3n) is 3.45. The van der Waals surface area contributed by atoms with E-state index in [1.165, 1.54) is 12.1 Å². The summed E-state index contributed by atoms with van der Waals surface area (Å²) in [5, 5.41) is 3.63. The van der Waals surface area contributed by atoms with E-state index in [-0.39, 0.29) is 17.6 Å². The Kier molecular flexibility index (Phi) is 6.95. The summed E-state index contributed by atoms with van der Waals surface area (Å²) < 4.78 is 39.4. The van der Waals surface area contributed by atoms with Crippen molar-refractivity contribution in [2.45, 2.75) is 38.7 Å². The van der Waals surface area contributed by atoms with E-state index < -0.39 is 10.0 Å². The summed E-state index contributed by atoms with van der Waals surface area (Å²) in [6, 6.07) is 11.6. The van der Waals surface area contributed by atoms with Crippen molar-refractivity contribution in [1.82, 2.24) is 10.0 Å². The molecule has 2 rings (SSSR count). The molecule has 0 amide bonds. The molecule has 4 nitrogen and oxygen atoms in total. The van der Waals surface area contributed by atoms with E-state index in [1.807, 2.05) is 12.1 Å².